The van der Waals surface area contributed by atoms with Gasteiger partial charge in [-0.2, -0.15) is 0 Å². The molecule has 0 spiro atoms. The second kappa shape index (κ2) is 5.86. The molecule has 0 aromatic heterocycles. The summed E-state index contributed by atoms with van der Waals surface area (Å²) in [6, 6.07) is 5.99. The smallest absolute Gasteiger partial charge is 0.181 e. The van der Waals surface area contributed by atoms with Crippen LogP contribution in [0.2, 0.25) is 0 Å². The van der Waals surface area contributed by atoms with Crippen LogP contribution < -0.4 is 5.32 Å². The minimum atomic E-state index is -3.16. The molecule has 1 aliphatic heterocycles. The molecule has 0 saturated carbocycles. The van der Waals surface area contributed by atoms with Crippen LogP contribution >= 0.6 is 0 Å². The summed E-state index contributed by atoms with van der Waals surface area (Å²) in [6.07, 6.45) is 1.72. The van der Waals surface area contributed by atoms with Crippen molar-refractivity contribution >= 4 is 9.84 Å². The molecule has 3 nitrogen and oxygen atoms in total. The van der Waals surface area contributed by atoms with Crippen molar-refractivity contribution in [3.05, 3.63) is 29.3 Å². The van der Waals surface area contributed by atoms with Crippen LogP contribution in [0.1, 0.15) is 63.6 Å². The summed E-state index contributed by atoms with van der Waals surface area (Å²) in [6.45, 7) is 9.13. The maximum absolute atomic E-state index is 12.5. The van der Waals surface area contributed by atoms with E-state index < -0.39 is 9.84 Å². The van der Waals surface area contributed by atoms with Gasteiger partial charge in [0.2, 0.25) is 0 Å². The lowest BCUT2D eigenvalue weighted by Gasteiger charge is -2.31. The minimum absolute atomic E-state index is 0.155. The second-order valence-corrected chi connectivity index (χ2v) is 8.38. The summed E-state index contributed by atoms with van der Waals surface area (Å²) in [7, 11) is -3.16. The quantitative estimate of drug-likeness (QED) is 0.926. The maximum atomic E-state index is 12.5. The van der Waals surface area contributed by atoms with Crippen molar-refractivity contribution in [2.24, 2.45) is 0 Å². The molecular formula is C16H25NO2S. The van der Waals surface area contributed by atoms with E-state index in [4.69, 9.17) is 0 Å². The van der Waals surface area contributed by atoms with Gasteiger partial charge in [0, 0.05) is 6.04 Å². The van der Waals surface area contributed by atoms with E-state index >= 15 is 0 Å². The first-order valence-electron chi connectivity index (χ1n) is 7.49. The molecule has 1 heterocycles. The van der Waals surface area contributed by atoms with E-state index in [1.165, 1.54) is 5.56 Å². The van der Waals surface area contributed by atoms with Gasteiger partial charge >= 0.3 is 0 Å². The number of rotatable bonds is 4. The van der Waals surface area contributed by atoms with Gasteiger partial charge < -0.3 is 5.32 Å². The highest BCUT2D eigenvalue weighted by Gasteiger charge is 2.36. The largest absolute Gasteiger partial charge is 0.310 e. The predicted octanol–water partition coefficient (Wildman–Crippen LogP) is 3.42. The zero-order valence-corrected chi connectivity index (χ0v) is 13.6. The summed E-state index contributed by atoms with van der Waals surface area (Å²) >= 11 is 0. The molecule has 2 atom stereocenters. The minimum Gasteiger partial charge on any atom is -0.310 e. The summed E-state index contributed by atoms with van der Waals surface area (Å²) in [5.74, 6) is 0.411. The predicted molar refractivity (Wildman–Crippen MR) is 82.8 cm³/mol. The molecule has 0 amide bonds. The van der Waals surface area contributed by atoms with Crippen LogP contribution in [0.15, 0.2) is 23.1 Å². The van der Waals surface area contributed by atoms with E-state index in [-0.39, 0.29) is 11.3 Å². The molecule has 2 unspecified atom stereocenters. The van der Waals surface area contributed by atoms with Crippen LogP contribution in [-0.4, -0.2) is 20.2 Å². The Bertz CT molecular complexity index is 578. The molecule has 0 aliphatic carbocycles. The first-order chi connectivity index (χ1) is 9.37. The monoisotopic (exact) mass is 295 g/mol. The molecule has 0 bridgehead atoms. The fourth-order valence-corrected chi connectivity index (χ4v) is 4.44. The van der Waals surface area contributed by atoms with Crippen LogP contribution in [0.5, 0.6) is 0 Å². The number of sulfone groups is 1. The normalized spacial score (nSPS) is 24.6. The van der Waals surface area contributed by atoms with Crippen molar-refractivity contribution < 1.29 is 8.42 Å². The fraction of sp³-hybridized carbons (Fsp3) is 0.625. The maximum Gasteiger partial charge on any atom is 0.181 e. The molecular weight excluding hydrogens is 270 g/mol. The SMILES string of the molecule is CCCNC1CC(C)S(=O)(=O)c2ccc(C(C)C)cc21. The Morgan fingerprint density at radius 2 is 2.05 bits per heavy atom. The van der Waals surface area contributed by atoms with Gasteiger partial charge in [0.15, 0.2) is 9.84 Å². The van der Waals surface area contributed by atoms with Gasteiger partial charge in [-0.05, 0) is 49.4 Å². The van der Waals surface area contributed by atoms with Gasteiger partial charge in [-0.3, -0.25) is 0 Å². The molecule has 1 aliphatic rings. The average molecular weight is 295 g/mol. The lowest BCUT2D eigenvalue weighted by Crippen LogP contribution is -2.35. The molecule has 4 heteroatoms. The Balaban J connectivity index is 2.50. The van der Waals surface area contributed by atoms with Gasteiger partial charge in [-0.15, -0.1) is 0 Å². The van der Waals surface area contributed by atoms with E-state index in [1.54, 1.807) is 6.07 Å². The van der Waals surface area contributed by atoms with E-state index in [1.807, 2.05) is 13.0 Å². The summed E-state index contributed by atoms with van der Waals surface area (Å²) in [4.78, 5) is 0.522. The first kappa shape index (κ1) is 15.5. The highest BCUT2D eigenvalue weighted by atomic mass is 32.2. The summed E-state index contributed by atoms with van der Waals surface area (Å²) in [5, 5.41) is 3.19. The molecule has 2 rings (SSSR count). The Morgan fingerprint density at radius 3 is 2.65 bits per heavy atom. The lowest BCUT2D eigenvalue weighted by molar-refractivity contribution is 0.463. The Morgan fingerprint density at radius 1 is 1.35 bits per heavy atom. The number of hydrogen-bond donors (Lipinski definition) is 1. The van der Waals surface area contributed by atoms with Gasteiger partial charge in [0.25, 0.3) is 0 Å². The molecule has 1 aromatic rings. The van der Waals surface area contributed by atoms with Crippen molar-refractivity contribution in [3.8, 4) is 0 Å². The van der Waals surface area contributed by atoms with Crippen LogP contribution in [-0.2, 0) is 9.84 Å². The van der Waals surface area contributed by atoms with Crippen LogP contribution in [0.3, 0.4) is 0 Å². The molecule has 0 radical (unpaired) electrons. The molecule has 0 fully saturated rings. The van der Waals surface area contributed by atoms with Crippen molar-refractivity contribution in [2.45, 2.75) is 62.6 Å². The number of fused-ring (bicyclic) bond motifs is 1. The van der Waals surface area contributed by atoms with Gasteiger partial charge in [-0.25, -0.2) is 8.42 Å². The van der Waals surface area contributed by atoms with Gasteiger partial charge in [-0.1, -0.05) is 32.9 Å². The third kappa shape index (κ3) is 2.77. The molecule has 1 N–H and O–H groups in total. The van der Waals surface area contributed by atoms with Gasteiger partial charge in [0.05, 0.1) is 10.1 Å². The van der Waals surface area contributed by atoms with Crippen LogP contribution in [0.25, 0.3) is 0 Å². The van der Waals surface area contributed by atoms with E-state index in [2.05, 4.69) is 32.2 Å². The van der Waals surface area contributed by atoms with Gasteiger partial charge in [0.1, 0.15) is 0 Å². The zero-order chi connectivity index (χ0) is 14.9. The van der Waals surface area contributed by atoms with E-state index in [0.29, 0.717) is 17.2 Å². The summed E-state index contributed by atoms with van der Waals surface area (Å²) < 4.78 is 25.0. The molecule has 20 heavy (non-hydrogen) atoms. The van der Waals surface area contributed by atoms with Crippen molar-refractivity contribution in [2.75, 3.05) is 6.54 Å². The van der Waals surface area contributed by atoms with E-state index in [0.717, 1.165) is 18.5 Å². The molecule has 0 saturated heterocycles. The topological polar surface area (TPSA) is 46.2 Å². The third-order valence-electron chi connectivity index (χ3n) is 4.12. The first-order valence-corrected chi connectivity index (χ1v) is 9.03. The summed E-state index contributed by atoms with van der Waals surface area (Å²) in [5.41, 5.74) is 2.17. The van der Waals surface area contributed by atoms with Crippen molar-refractivity contribution in [1.82, 2.24) is 5.32 Å². The molecule has 1 aromatic carbocycles. The fourth-order valence-electron chi connectivity index (χ4n) is 2.77. The standard InChI is InChI=1S/C16H25NO2S/c1-5-8-17-15-9-12(4)20(18,19)16-7-6-13(11(2)3)10-14(15)16/h6-7,10-12,15,17H,5,8-9H2,1-4H3. The number of benzene rings is 1. The van der Waals surface area contributed by atoms with E-state index in [9.17, 15) is 8.42 Å². The van der Waals surface area contributed by atoms with Crippen LogP contribution in [0, 0.1) is 0 Å². The Hall–Kier alpha value is -0.870. The van der Waals surface area contributed by atoms with Crippen molar-refractivity contribution in [1.29, 1.82) is 0 Å². The van der Waals surface area contributed by atoms with Crippen LogP contribution in [0.4, 0.5) is 0 Å². The second-order valence-electron chi connectivity index (χ2n) is 6.05. The highest BCUT2D eigenvalue weighted by Crippen LogP contribution is 2.37. The average Bonchev–Trinajstić information content (AvgIpc) is 2.41. The number of nitrogens with one attached hydrogen (secondary N) is 1. The lowest BCUT2D eigenvalue weighted by atomic mass is 9.95. The zero-order valence-electron chi connectivity index (χ0n) is 12.8. The highest BCUT2D eigenvalue weighted by molar-refractivity contribution is 7.92. The Labute approximate surface area is 122 Å². The number of hydrogen-bond acceptors (Lipinski definition) is 3. The Kier molecular flexibility index (Phi) is 4.55. The molecule has 112 valence electrons. The third-order valence-corrected chi connectivity index (χ3v) is 6.36. The van der Waals surface area contributed by atoms with Crippen molar-refractivity contribution in [3.63, 3.8) is 0 Å².